The summed E-state index contributed by atoms with van der Waals surface area (Å²) in [6, 6.07) is 12.3. The molecule has 23 heavy (non-hydrogen) atoms. The molecule has 0 aliphatic heterocycles. The standard InChI is InChI=1S/C16H16N2O5/c1-2-15(23-12-6-4-3-5-7-12)16(20)17-13-10-11(18(21)22)8-9-14(13)19/h3-10,15,19H,2H2,1H3,(H,17,20). The third-order valence-electron chi connectivity index (χ3n) is 3.13. The van der Waals surface area contributed by atoms with Gasteiger partial charge in [0.05, 0.1) is 10.6 Å². The van der Waals surface area contributed by atoms with E-state index in [0.717, 1.165) is 18.2 Å². The number of benzene rings is 2. The number of phenols is 1. The van der Waals surface area contributed by atoms with E-state index in [-0.39, 0.29) is 17.1 Å². The first-order chi connectivity index (χ1) is 11.0. The van der Waals surface area contributed by atoms with E-state index in [4.69, 9.17) is 4.74 Å². The van der Waals surface area contributed by atoms with Crippen LogP contribution in [-0.2, 0) is 4.79 Å². The second-order valence-corrected chi connectivity index (χ2v) is 4.78. The summed E-state index contributed by atoms with van der Waals surface area (Å²) in [6.07, 6.45) is -0.382. The number of rotatable bonds is 6. The Morgan fingerprint density at radius 2 is 2.00 bits per heavy atom. The summed E-state index contributed by atoms with van der Waals surface area (Å²) in [6.45, 7) is 1.78. The van der Waals surface area contributed by atoms with Crippen LogP contribution >= 0.6 is 0 Å². The molecule has 2 N–H and O–H groups in total. The van der Waals surface area contributed by atoms with Gasteiger partial charge in [0.25, 0.3) is 11.6 Å². The van der Waals surface area contributed by atoms with Crippen molar-refractivity contribution in [2.75, 3.05) is 5.32 Å². The number of anilines is 1. The minimum atomic E-state index is -0.781. The number of carbonyl (C=O) groups excluding carboxylic acids is 1. The number of hydrogen-bond acceptors (Lipinski definition) is 5. The number of nitro groups is 1. The number of para-hydroxylation sites is 1. The maximum atomic E-state index is 12.3. The molecule has 0 radical (unpaired) electrons. The molecular weight excluding hydrogens is 300 g/mol. The van der Waals surface area contributed by atoms with Gasteiger partial charge in [-0.05, 0) is 24.6 Å². The van der Waals surface area contributed by atoms with Gasteiger partial charge in [0.15, 0.2) is 6.10 Å². The molecule has 2 aromatic carbocycles. The number of carbonyl (C=O) groups is 1. The Labute approximate surface area is 132 Å². The number of ether oxygens (including phenoxy) is 1. The van der Waals surface area contributed by atoms with Gasteiger partial charge < -0.3 is 15.2 Å². The van der Waals surface area contributed by atoms with Crippen molar-refractivity contribution in [3.8, 4) is 11.5 Å². The normalized spacial score (nSPS) is 11.5. The molecule has 1 unspecified atom stereocenters. The van der Waals surface area contributed by atoms with Crippen molar-refractivity contribution in [1.82, 2.24) is 0 Å². The van der Waals surface area contributed by atoms with Gasteiger partial charge >= 0.3 is 0 Å². The number of non-ortho nitro benzene ring substituents is 1. The van der Waals surface area contributed by atoms with Crippen molar-refractivity contribution in [3.05, 3.63) is 58.6 Å². The van der Waals surface area contributed by atoms with Crippen LogP contribution in [0.3, 0.4) is 0 Å². The zero-order valence-corrected chi connectivity index (χ0v) is 12.4. The van der Waals surface area contributed by atoms with Gasteiger partial charge in [0, 0.05) is 12.1 Å². The van der Waals surface area contributed by atoms with Crippen LogP contribution in [0.4, 0.5) is 11.4 Å². The maximum Gasteiger partial charge on any atom is 0.271 e. The molecule has 1 atom stereocenters. The summed E-state index contributed by atoms with van der Waals surface area (Å²) in [5.41, 5.74) is -0.255. The number of amides is 1. The quantitative estimate of drug-likeness (QED) is 0.484. The lowest BCUT2D eigenvalue weighted by atomic mass is 10.2. The summed E-state index contributed by atoms with van der Waals surface area (Å²) < 4.78 is 5.59. The van der Waals surface area contributed by atoms with Crippen molar-refractivity contribution < 1.29 is 19.6 Å². The van der Waals surface area contributed by atoms with Crippen LogP contribution in [0.2, 0.25) is 0 Å². The summed E-state index contributed by atoms with van der Waals surface area (Å²) in [4.78, 5) is 22.4. The third kappa shape index (κ3) is 4.19. The van der Waals surface area contributed by atoms with E-state index in [1.807, 2.05) is 6.07 Å². The van der Waals surface area contributed by atoms with Crippen LogP contribution in [0.1, 0.15) is 13.3 Å². The summed E-state index contributed by atoms with van der Waals surface area (Å²) in [5, 5.41) is 23.0. The highest BCUT2D eigenvalue weighted by atomic mass is 16.6. The monoisotopic (exact) mass is 316 g/mol. The molecule has 0 saturated carbocycles. The van der Waals surface area contributed by atoms with E-state index >= 15 is 0 Å². The Morgan fingerprint density at radius 1 is 1.30 bits per heavy atom. The predicted octanol–water partition coefficient (Wildman–Crippen LogP) is 3.10. The first kappa shape index (κ1) is 16.3. The van der Waals surface area contributed by atoms with Crippen molar-refractivity contribution in [1.29, 1.82) is 0 Å². The van der Waals surface area contributed by atoms with Crippen molar-refractivity contribution in [3.63, 3.8) is 0 Å². The van der Waals surface area contributed by atoms with Crippen molar-refractivity contribution in [2.45, 2.75) is 19.4 Å². The Hall–Kier alpha value is -3.09. The number of hydrogen-bond donors (Lipinski definition) is 2. The van der Waals surface area contributed by atoms with Crippen LogP contribution in [-0.4, -0.2) is 22.0 Å². The van der Waals surface area contributed by atoms with Gasteiger partial charge in [-0.1, -0.05) is 25.1 Å². The fraction of sp³-hybridized carbons (Fsp3) is 0.188. The summed E-state index contributed by atoms with van der Waals surface area (Å²) in [7, 11) is 0. The van der Waals surface area contributed by atoms with E-state index in [2.05, 4.69) is 5.32 Å². The molecule has 120 valence electrons. The van der Waals surface area contributed by atoms with Crippen molar-refractivity contribution >= 4 is 17.3 Å². The Kier molecular flexibility index (Phi) is 5.14. The first-order valence-corrected chi connectivity index (χ1v) is 7.01. The molecule has 0 fully saturated rings. The topological polar surface area (TPSA) is 102 Å². The molecular formula is C16H16N2O5. The molecule has 2 rings (SSSR count). The highest BCUT2D eigenvalue weighted by molar-refractivity contribution is 5.95. The van der Waals surface area contributed by atoms with E-state index < -0.39 is 16.9 Å². The molecule has 0 aliphatic carbocycles. The SMILES string of the molecule is CCC(Oc1ccccc1)C(=O)Nc1cc([N+](=O)[O-])ccc1O. The highest BCUT2D eigenvalue weighted by Gasteiger charge is 2.21. The zero-order valence-electron chi connectivity index (χ0n) is 12.4. The molecule has 0 aliphatic rings. The summed E-state index contributed by atoms with van der Waals surface area (Å²) in [5.74, 6) is -0.205. The average molecular weight is 316 g/mol. The van der Waals surface area contributed by atoms with Gasteiger partial charge in [-0.25, -0.2) is 0 Å². The lowest BCUT2D eigenvalue weighted by Gasteiger charge is -2.17. The van der Waals surface area contributed by atoms with Crippen LogP contribution < -0.4 is 10.1 Å². The second-order valence-electron chi connectivity index (χ2n) is 4.78. The van der Waals surface area contributed by atoms with Crippen molar-refractivity contribution in [2.24, 2.45) is 0 Å². The average Bonchev–Trinajstić information content (AvgIpc) is 2.55. The van der Waals surface area contributed by atoms with Gasteiger partial charge in [0.1, 0.15) is 11.5 Å². The maximum absolute atomic E-state index is 12.3. The van der Waals surface area contributed by atoms with Crippen LogP contribution in [0.25, 0.3) is 0 Å². The minimum Gasteiger partial charge on any atom is -0.506 e. The Bertz CT molecular complexity index is 703. The number of phenolic OH excluding ortho intramolecular Hbond substituents is 1. The lowest BCUT2D eigenvalue weighted by Crippen LogP contribution is -2.32. The largest absolute Gasteiger partial charge is 0.506 e. The fourth-order valence-corrected chi connectivity index (χ4v) is 1.94. The van der Waals surface area contributed by atoms with Gasteiger partial charge in [-0.3, -0.25) is 14.9 Å². The molecule has 2 aromatic rings. The molecule has 0 saturated heterocycles. The van der Waals surface area contributed by atoms with Crippen LogP contribution in [0, 0.1) is 10.1 Å². The summed E-state index contributed by atoms with van der Waals surface area (Å²) >= 11 is 0. The second kappa shape index (κ2) is 7.26. The smallest absolute Gasteiger partial charge is 0.271 e. The van der Waals surface area contributed by atoms with Gasteiger partial charge in [-0.2, -0.15) is 0 Å². The first-order valence-electron chi connectivity index (χ1n) is 7.01. The molecule has 7 heteroatoms. The number of aromatic hydroxyl groups is 1. The predicted molar refractivity (Wildman–Crippen MR) is 84.5 cm³/mol. The molecule has 1 amide bonds. The Balaban J connectivity index is 2.13. The van der Waals surface area contributed by atoms with Crippen LogP contribution in [0.15, 0.2) is 48.5 Å². The molecule has 0 aromatic heterocycles. The molecule has 7 nitrogen and oxygen atoms in total. The zero-order chi connectivity index (χ0) is 16.8. The number of nitro benzene ring substituents is 1. The molecule has 0 bridgehead atoms. The Morgan fingerprint density at radius 3 is 2.61 bits per heavy atom. The van der Waals surface area contributed by atoms with E-state index in [0.29, 0.717) is 12.2 Å². The molecule has 0 heterocycles. The van der Waals surface area contributed by atoms with E-state index in [9.17, 15) is 20.0 Å². The van der Waals surface area contributed by atoms with Crippen LogP contribution in [0.5, 0.6) is 11.5 Å². The third-order valence-corrected chi connectivity index (χ3v) is 3.13. The highest BCUT2D eigenvalue weighted by Crippen LogP contribution is 2.28. The van der Waals surface area contributed by atoms with Gasteiger partial charge in [-0.15, -0.1) is 0 Å². The van der Waals surface area contributed by atoms with E-state index in [1.165, 1.54) is 0 Å². The van der Waals surface area contributed by atoms with Gasteiger partial charge in [0.2, 0.25) is 0 Å². The lowest BCUT2D eigenvalue weighted by molar-refractivity contribution is -0.384. The number of nitrogens with zero attached hydrogens (tertiary/aromatic N) is 1. The molecule has 0 spiro atoms. The van der Waals surface area contributed by atoms with E-state index in [1.54, 1.807) is 31.2 Å². The number of nitrogens with one attached hydrogen (secondary N) is 1. The fourth-order valence-electron chi connectivity index (χ4n) is 1.94. The minimum absolute atomic E-state index is 0.0284.